The molecule has 10 heterocycles. The van der Waals surface area contributed by atoms with Crippen LogP contribution in [-0.2, 0) is 0 Å². The molecule has 0 unspecified atom stereocenters. The van der Waals surface area contributed by atoms with E-state index in [1.807, 2.05) is 0 Å². The summed E-state index contributed by atoms with van der Waals surface area (Å²) in [6.07, 6.45) is 0. The Morgan fingerprint density at radius 2 is 0.432 bits per heavy atom. The van der Waals surface area contributed by atoms with E-state index in [0.29, 0.717) is 23.3 Å². The highest BCUT2D eigenvalue weighted by molar-refractivity contribution is 7.20. The summed E-state index contributed by atoms with van der Waals surface area (Å²) in [6, 6.07) is 187. The summed E-state index contributed by atoms with van der Waals surface area (Å²) in [7, 11) is -6.37. The maximum Gasteiger partial charge on any atom is 0.221 e. The molecule has 0 aliphatic rings. The van der Waals surface area contributed by atoms with Gasteiger partial charge in [0.1, 0.15) is 23.3 Å². The molecule has 10 aromatic heterocycles. The third-order valence-electron chi connectivity index (χ3n) is 30.4. The average Bonchev–Trinajstić information content (AvgIpc) is 1.51. The van der Waals surface area contributed by atoms with Crippen LogP contribution in [0.3, 0.4) is 0 Å². The number of imidazole rings is 4. The van der Waals surface area contributed by atoms with E-state index in [4.69, 9.17) is 29.9 Å². The number of rotatable bonds is 17. The van der Waals surface area contributed by atoms with E-state index in [1.54, 1.807) is 0 Å². The normalized spacial score (nSPS) is 12.2. The van der Waals surface area contributed by atoms with Crippen molar-refractivity contribution in [1.29, 1.82) is 0 Å². The Bertz CT molecular complexity index is 10300. The molecule has 20 aromatic carbocycles. The van der Waals surface area contributed by atoms with Crippen LogP contribution >= 0.6 is 0 Å². The van der Waals surface area contributed by atoms with Crippen LogP contribution in [0.2, 0.25) is 0 Å². The zero-order valence-electron chi connectivity index (χ0n) is 78.8. The van der Waals surface area contributed by atoms with E-state index in [1.165, 1.54) is 52.3 Å². The second kappa shape index (κ2) is 32.7. The summed E-state index contributed by atoms with van der Waals surface area (Å²) in [6.45, 7) is 0. The molecule has 0 saturated carbocycles. The highest BCUT2D eigenvalue weighted by atomic mass is 28.3. The van der Waals surface area contributed by atoms with Crippen molar-refractivity contribution in [1.82, 2.24) is 66.1 Å². The molecule has 16 heteroatoms. The van der Waals surface area contributed by atoms with Crippen molar-refractivity contribution in [3.05, 3.63) is 510 Å². The molecule has 14 nitrogen and oxygen atoms in total. The fourth-order valence-electron chi connectivity index (χ4n) is 24.2. The van der Waals surface area contributed by atoms with Gasteiger partial charge in [-0.15, -0.1) is 0 Å². The third kappa shape index (κ3) is 12.4. The van der Waals surface area contributed by atoms with Gasteiger partial charge in [0.15, 0.2) is 27.8 Å². The third-order valence-corrected chi connectivity index (χ3v) is 39.9. The van der Waals surface area contributed by atoms with E-state index < -0.39 is 16.1 Å². The molecule has 682 valence electrons. The largest absolute Gasteiger partial charge is 0.309 e. The van der Waals surface area contributed by atoms with Crippen LogP contribution in [-0.4, -0.2) is 82.3 Å². The Kier molecular flexibility index (Phi) is 18.5. The summed E-state index contributed by atoms with van der Waals surface area (Å²) in [5.74, 6) is 5.42. The first-order valence-corrected chi connectivity index (χ1v) is 53.6. The van der Waals surface area contributed by atoms with Crippen LogP contribution in [0.1, 0.15) is 0 Å². The molecule has 146 heavy (non-hydrogen) atoms. The number of hydrogen-bond acceptors (Lipinski definition) is 6. The smallest absolute Gasteiger partial charge is 0.221 e. The van der Waals surface area contributed by atoms with Crippen molar-refractivity contribution in [3.8, 4) is 68.5 Å². The zero-order valence-corrected chi connectivity index (χ0v) is 80.8. The van der Waals surface area contributed by atoms with E-state index in [-0.39, 0.29) is 0 Å². The lowest BCUT2D eigenvalue weighted by atomic mass is 10.0. The molecule has 30 rings (SSSR count). The van der Waals surface area contributed by atoms with Gasteiger partial charge >= 0.3 is 0 Å². The maximum atomic E-state index is 5.81. The molecular formula is C130H84N14Si2. The molecule has 0 radical (unpaired) electrons. The summed E-state index contributed by atoms with van der Waals surface area (Å²) in [5, 5.41) is 19.3. The Balaban J connectivity index is 0.571. The molecule has 0 fully saturated rings. The first kappa shape index (κ1) is 82.6. The average molecular weight is 1900 g/mol. The SMILES string of the molecule is c1ccc([Si](c2ccccc2)(c2ccccc2)c2ccc3nc4n(-c5cc(-n6c7ccccc7c7ccccc76)nc(-c6cccc(-n7c8ccccc8c8cc(-c9cccc([Si](c%10ccccc%10)(c%10ccccc%10)c%10ccc%11c(c%10)n%10c%12ccccc%12nc%10n%11-c%10cc(-n%11c%12ccccc%12c%12ccccc%12%11)nc(-c%11cccc(-n%12c%13ccccc%13c%13ccccc%13%12)c%11)n%10)c9)ccc87)c6)n5)c5ccccc5n4c3c2)cc1. The van der Waals surface area contributed by atoms with Gasteiger partial charge in [-0.2, -0.15) is 0 Å². The van der Waals surface area contributed by atoms with Crippen molar-refractivity contribution >= 4 is 201 Å². The summed E-state index contributed by atoms with van der Waals surface area (Å²) >= 11 is 0. The standard InChI is InChI=1S/C130H84N14Si2/c1-6-42-91(43-7-1)145(92-44-8-2-9-45-92,93-46-10-3-11-47-93)97-72-74-108-121(81-97)142-118-69-32-33-70-119(118)143(130(142)132-108)125-83-123(139-112-64-27-18-55-101(112)102-56-19-28-65-113(102)139)133-127(135-125)88-39-35-41-90(78-88)138-111-63-26-22-59-105(111)106-80-86(71-75-116(106)138)85-37-36-52-96(79-85)146(94-48-12-4-13-49-94,95-50-14-5-15-51-95)98-73-76-120-122(82-98)141-117-68-31-23-60-107(117)131-129(141)144(120)126-84-124(140-114-66-29-20-57-103(114)104-58-21-30-67-115(104)140)134-128(136-126)87-38-34-40-89(77-87)137-109-61-24-16-53-99(109)100-54-17-25-62-110(100)137/h1-84H. The number of hydrogen-bond donors (Lipinski definition) is 0. The minimum Gasteiger partial charge on any atom is -0.309 e. The molecular weight excluding hydrogens is 1810 g/mol. The van der Waals surface area contributed by atoms with Crippen molar-refractivity contribution in [2.45, 2.75) is 0 Å². The molecule has 30 aromatic rings. The second-order valence-electron chi connectivity index (χ2n) is 38.1. The quantitative estimate of drug-likeness (QED) is 0.0662. The molecule has 0 N–H and O–H groups in total. The molecule has 0 bridgehead atoms. The Morgan fingerprint density at radius 1 is 0.144 bits per heavy atom. The molecule has 0 aliphatic carbocycles. The fraction of sp³-hybridized carbons (Fsp3) is 0. The predicted octanol–water partition coefficient (Wildman–Crippen LogP) is 24.9. The van der Waals surface area contributed by atoms with Crippen molar-refractivity contribution in [3.63, 3.8) is 0 Å². The predicted molar refractivity (Wildman–Crippen MR) is 605 cm³/mol. The topological polar surface area (TPSA) is 116 Å². The maximum absolute atomic E-state index is 5.81. The van der Waals surface area contributed by atoms with Crippen molar-refractivity contribution in [2.24, 2.45) is 0 Å². The van der Waals surface area contributed by atoms with E-state index >= 15 is 0 Å². The van der Waals surface area contributed by atoms with Crippen LogP contribution in [0.4, 0.5) is 0 Å². The highest BCUT2D eigenvalue weighted by Crippen LogP contribution is 2.43. The number of aromatic nitrogens is 14. The second-order valence-corrected chi connectivity index (χ2v) is 45.7. The van der Waals surface area contributed by atoms with Gasteiger partial charge in [-0.1, -0.05) is 370 Å². The molecule has 0 saturated heterocycles. The Labute approximate surface area is 838 Å². The fourth-order valence-corrected chi connectivity index (χ4v) is 33.7. The van der Waals surface area contributed by atoms with Crippen molar-refractivity contribution < 1.29 is 0 Å². The first-order valence-electron chi connectivity index (χ1n) is 49.6. The van der Waals surface area contributed by atoms with Gasteiger partial charge in [-0.25, -0.2) is 29.9 Å². The summed E-state index contributed by atoms with van der Waals surface area (Å²) in [5.41, 5.74) is 22.1. The van der Waals surface area contributed by atoms with Gasteiger partial charge in [0, 0.05) is 77.7 Å². The van der Waals surface area contributed by atoms with Gasteiger partial charge in [-0.05, 0) is 180 Å². The van der Waals surface area contributed by atoms with Crippen LogP contribution in [0.25, 0.3) is 211 Å². The molecule has 0 atom stereocenters. The van der Waals surface area contributed by atoms with Crippen LogP contribution in [0.5, 0.6) is 0 Å². The van der Waals surface area contributed by atoms with Gasteiger partial charge in [0.2, 0.25) is 11.6 Å². The van der Waals surface area contributed by atoms with Gasteiger partial charge in [-0.3, -0.25) is 27.1 Å². The number of para-hydroxylation sites is 11. The molecule has 0 spiro atoms. The van der Waals surface area contributed by atoms with E-state index in [2.05, 4.69) is 546 Å². The number of fused-ring (bicyclic) bond motifs is 22. The van der Waals surface area contributed by atoms with Gasteiger partial charge < -0.3 is 9.13 Å². The lowest BCUT2D eigenvalue weighted by Crippen LogP contribution is -2.74. The monoisotopic (exact) mass is 1900 g/mol. The number of nitrogens with zero attached hydrogens (tertiary/aromatic N) is 14. The lowest BCUT2D eigenvalue weighted by Gasteiger charge is -2.34. The Hall–Kier alpha value is -19.3. The summed E-state index contributed by atoms with van der Waals surface area (Å²) in [4.78, 5) is 34.4. The summed E-state index contributed by atoms with van der Waals surface area (Å²) < 4.78 is 18.6. The van der Waals surface area contributed by atoms with E-state index in [0.717, 1.165) is 177 Å². The highest BCUT2D eigenvalue weighted by Gasteiger charge is 2.45. The number of benzene rings is 20. The van der Waals surface area contributed by atoms with Crippen LogP contribution in [0, 0.1) is 0 Å². The minimum atomic E-state index is -3.40. The Morgan fingerprint density at radius 3 is 0.870 bits per heavy atom. The van der Waals surface area contributed by atoms with Gasteiger partial charge in [0.25, 0.3) is 0 Å². The van der Waals surface area contributed by atoms with Crippen LogP contribution in [0.15, 0.2) is 510 Å². The zero-order chi connectivity index (χ0) is 95.8. The van der Waals surface area contributed by atoms with Crippen molar-refractivity contribution in [2.75, 3.05) is 0 Å². The minimum absolute atomic E-state index is 0.562. The van der Waals surface area contributed by atoms with Gasteiger partial charge in [0.05, 0.1) is 88.3 Å². The molecule has 0 amide bonds. The lowest BCUT2D eigenvalue weighted by molar-refractivity contribution is 0.979. The first-order chi connectivity index (χ1) is 72.4. The van der Waals surface area contributed by atoms with E-state index in [9.17, 15) is 0 Å². The van der Waals surface area contributed by atoms with Crippen LogP contribution < -0.4 is 41.5 Å². The molecule has 0 aliphatic heterocycles.